The van der Waals surface area contributed by atoms with Gasteiger partial charge in [0, 0.05) is 5.56 Å². The quantitative estimate of drug-likeness (QED) is 0.702. The van der Waals surface area contributed by atoms with E-state index < -0.39 is 0 Å². The van der Waals surface area contributed by atoms with Crippen LogP contribution in [0.1, 0.15) is 24.8 Å². The Labute approximate surface area is 85.3 Å². The van der Waals surface area contributed by atoms with E-state index in [9.17, 15) is 0 Å². The van der Waals surface area contributed by atoms with Crippen molar-refractivity contribution in [2.24, 2.45) is 11.7 Å². The van der Waals surface area contributed by atoms with Crippen LogP contribution in [0.15, 0.2) is 30.3 Å². The van der Waals surface area contributed by atoms with Crippen molar-refractivity contribution in [2.45, 2.75) is 25.3 Å². The highest BCUT2D eigenvalue weighted by atomic mass is 14.6. The highest BCUT2D eigenvalue weighted by Crippen LogP contribution is 2.32. The maximum atomic E-state index is 5.89. The van der Waals surface area contributed by atoms with Gasteiger partial charge >= 0.3 is 0 Å². The first-order valence-corrected chi connectivity index (χ1v) is 5.17. The van der Waals surface area contributed by atoms with Gasteiger partial charge in [-0.05, 0) is 24.5 Å². The maximum absolute atomic E-state index is 5.89. The van der Waals surface area contributed by atoms with Crippen LogP contribution in [0.4, 0.5) is 0 Å². The molecule has 1 heteroatoms. The first kappa shape index (κ1) is 9.30. The Morgan fingerprint density at radius 2 is 2.00 bits per heavy atom. The number of benzene rings is 1. The summed E-state index contributed by atoms with van der Waals surface area (Å²) in [4.78, 5) is 0. The molecular formula is C13H15N. The molecule has 1 unspecified atom stereocenters. The Hall–Kier alpha value is -1.26. The van der Waals surface area contributed by atoms with E-state index in [1.807, 2.05) is 30.3 Å². The molecule has 0 aliphatic heterocycles. The van der Waals surface area contributed by atoms with Gasteiger partial charge in [0.05, 0.1) is 6.04 Å². The molecule has 1 nitrogen and oxygen atoms in total. The molecule has 1 saturated carbocycles. The van der Waals surface area contributed by atoms with Crippen LogP contribution in [0.3, 0.4) is 0 Å². The van der Waals surface area contributed by atoms with Gasteiger partial charge in [-0.15, -0.1) is 0 Å². The number of rotatable bonds is 2. The first-order chi connectivity index (χ1) is 6.84. The van der Waals surface area contributed by atoms with Crippen LogP contribution in [0.2, 0.25) is 0 Å². The molecule has 0 spiro atoms. The summed E-state index contributed by atoms with van der Waals surface area (Å²) >= 11 is 0. The van der Waals surface area contributed by atoms with E-state index in [1.165, 1.54) is 12.8 Å². The maximum Gasteiger partial charge on any atom is 0.0671 e. The summed E-state index contributed by atoms with van der Waals surface area (Å²) in [6, 6.07) is 10.1. The third-order valence-corrected chi connectivity index (χ3v) is 2.46. The lowest BCUT2D eigenvalue weighted by molar-refractivity contribution is 0.667. The van der Waals surface area contributed by atoms with Gasteiger partial charge in [0.2, 0.25) is 0 Å². The van der Waals surface area contributed by atoms with Crippen molar-refractivity contribution in [3.63, 3.8) is 0 Å². The van der Waals surface area contributed by atoms with Crippen molar-refractivity contribution < 1.29 is 0 Å². The Kier molecular flexibility index (Phi) is 2.86. The summed E-state index contributed by atoms with van der Waals surface area (Å²) in [6.45, 7) is 0. The Balaban J connectivity index is 1.91. The summed E-state index contributed by atoms with van der Waals surface area (Å²) in [5.41, 5.74) is 6.94. The SMILES string of the molecule is NC(C#Cc1ccccc1)CC1CC1. The van der Waals surface area contributed by atoms with Gasteiger partial charge in [0.25, 0.3) is 0 Å². The minimum atomic E-state index is 0.0581. The summed E-state index contributed by atoms with van der Waals surface area (Å²) < 4.78 is 0. The second kappa shape index (κ2) is 4.30. The fourth-order valence-electron chi connectivity index (χ4n) is 1.47. The molecule has 1 aliphatic carbocycles. The van der Waals surface area contributed by atoms with Gasteiger partial charge in [-0.2, -0.15) is 0 Å². The molecular weight excluding hydrogens is 170 g/mol. The highest BCUT2D eigenvalue weighted by Gasteiger charge is 2.22. The third kappa shape index (κ3) is 2.90. The second-order valence-electron chi connectivity index (χ2n) is 3.92. The van der Waals surface area contributed by atoms with Gasteiger partial charge in [-0.1, -0.05) is 42.9 Å². The number of hydrogen-bond donors (Lipinski definition) is 1. The van der Waals surface area contributed by atoms with Crippen molar-refractivity contribution >= 4 is 0 Å². The van der Waals surface area contributed by atoms with Crippen LogP contribution in [-0.2, 0) is 0 Å². The molecule has 0 bridgehead atoms. The summed E-state index contributed by atoms with van der Waals surface area (Å²) in [6.07, 6.45) is 3.77. The van der Waals surface area contributed by atoms with Gasteiger partial charge in [-0.3, -0.25) is 0 Å². The molecule has 0 radical (unpaired) electrons. The minimum Gasteiger partial charge on any atom is -0.318 e. The summed E-state index contributed by atoms with van der Waals surface area (Å²) in [5.74, 6) is 7.06. The van der Waals surface area contributed by atoms with Crippen LogP contribution >= 0.6 is 0 Å². The minimum absolute atomic E-state index is 0.0581. The van der Waals surface area contributed by atoms with E-state index in [4.69, 9.17) is 5.73 Å². The number of hydrogen-bond acceptors (Lipinski definition) is 1. The zero-order chi connectivity index (χ0) is 9.80. The Morgan fingerprint density at radius 1 is 1.29 bits per heavy atom. The average molecular weight is 185 g/mol. The zero-order valence-electron chi connectivity index (χ0n) is 8.24. The standard InChI is InChI=1S/C13H15N/c14-13(10-12-6-7-12)9-8-11-4-2-1-3-5-11/h1-5,12-13H,6-7,10,14H2. The first-order valence-electron chi connectivity index (χ1n) is 5.17. The van der Waals surface area contributed by atoms with Crippen LogP contribution in [-0.4, -0.2) is 6.04 Å². The van der Waals surface area contributed by atoms with Gasteiger partial charge in [-0.25, -0.2) is 0 Å². The normalized spacial score (nSPS) is 16.9. The van der Waals surface area contributed by atoms with Crippen LogP contribution in [0.25, 0.3) is 0 Å². The topological polar surface area (TPSA) is 26.0 Å². The molecule has 1 aromatic rings. The molecule has 1 atom stereocenters. The van der Waals surface area contributed by atoms with Crippen LogP contribution in [0, 0.1) is 17.8 Å². The lowest BCUT2D eigenvalue weighted by Crippen LogP contribution is -2.17. The molecule has 2 N–H and O–H groups in total. The monoisotopic (exact) mass is 185 g/mol. The van der Waals surface area contributed by atoms with E-state index in [1.54, 1.807) is 0 Å². The van der Waals surface area contributed by atoms with E-state index in [0.717, 1.165) is 17.9 Å². The van der Waals surface area contributed by atoms with E-state index >= 15 is 0 Å². The van der Waals surface area contributed by atoms with Crippen LogP contribution in [0.5, 0.6) is 0 Å². The largest absolute Gasteiger partial charge is 0.318 e. The molecule has 0 aromatic heterocycles. The fourth-order valence-corrected chi connectivity index (χ4v) is 1.47. The predicted octanol–water partition coefficient (Wildman–Crippen LogP) is 2.17. The predicted molar refractivity (Wildman–Crippen MR) is 58.6 cm³/mol. The highest BCUT2D eigenvalue weighted by molar-refractivity contribution is 5.34. The Bertz CT molecular complexity index is 340. The van der Waals surface area contributed by atoms with E-state index in [2.05, 4.69) is 11.8 Å². The van der Waals surface area contributed by atoms with Gasteiger partial charge in [0.1, 0.15) is 0 Å². The number of nitrogens with two attached hydrogens (primary N) is 1. The molecule has 0 saturated heterocycles. The summed E-state index contributed by atoms with van der Waals surface area (Å²) in [5, 5.41) is 0. The van der Waals surface area contributed by atoms with Crippen molar-refractivity contribution in [3.05, 3.63) is 35.9 Å². The Morgan fingerprint density at radius 3 is 2.64 bits per heavy atom. The molecule has 14 heavy (non-hydrogen) atoms. The van der Waals surface area contributed by atoms with Crippen molar-refractivity contribution in [1.29, 1.82) is 0 Å². The second-order valence-corrected chi connectivity index (χ2v) is 3.92. The smallest absolute Gasteiger partial charge is 0.0671 e. The van der Waals surface area contributed by atoms with Crippen molar-refractivity contribution in [2.75, 3.05) is 0 Å². The third-order valence-electron chi connectivity index (χ3n) is 2.46. The molecule has 1 aliphatic rings. The zero-order valence-corrected chi connectivity index (χ0v) is 8.24. The molecule has 72 valence electrons. The lowest BCUT2D eigenvalue weighted by Gasteiger charge is -2.00. The van der Waals surface area contributed by atoms with Crippen LogP contribution < -0.4 is 5.73 Å². The average Bonchev–Trinajstić information content (AvgIpc) is 3.00. The molecule has 0 amide bonds. The van der Waals surface area contributed by atoms with Crippen molar-refractivity contribution in [1.82, 2.24) is 0 Å². The summed E-state index contributed by atoms with van der Waals surface area (Å²) in [7, 11) is 0. The van der Waals surface area contributed by atoms with E-state index in [-0.39, 0.29) is 6.04 Å². The molecule has 2 rings (SSSR count). The van der Waals surface area contributed by atoms with Gasteiger partial charge < -0.3 is 5.73 Å². The van der Waals surface area contributed by atoms with Crippen molar-refractivity contribution in [3.8, 4) is 11.8 Å². The lowest BCUT2D eigenvalue weighted by atomic mass is 10.1. The molecule has 0 heterocycles. The van der Waals surface area contributed by atoms with E-state index in [0.29, 0.717) is 0 Å². The molecule has 1 aromatic carbocycles. The molecule has 1 fully saturated rings. The fraction of sp³-hybridized carbons (Fsp3) is 0.385. The van der Waals surface area contributed by atoms with Gasteiger partial charge in [0.15, 0.2) is 0 Å².